The Morgan fingerprint density at radius 2 is 1.94 bits per heavy atom. The van der Waals surface area contributed by atoms with E-state index in [1.807, 2.05) is 0 Å². The predicted molar refractivity (Wildman–Crippen MR) is 56.0 cm³/mol. The van der Waals surface area contributed by atoms with Crippen LogP contribution in [0.5, 0.6) is 0 Å². The minimum atomic E-state index is -0.272. The van der Waals surface area contributed by atoms with Crippen molar-refractivity contribution in [2.24, 2.45) is 5.92 Å². The first-order valence-electron chi connectivity index (χ1n) is 5.97. The van der Waals surface area contributed by atoms with Crippen molar-refractivity contribution in [1.82, 2.24) is 0 Å². The Labute approximate surface area is 95.2 Å². The molecule has 94 valence electrons. The summed E-state index contributed by atoms with van der Waals surface area (Å²) in [5.74, 6) is 0.286. The molecule has 1 aliphatic carbocycles. The van der Waals surface area contributed by atoms with Gasteiger partial charge in [-0.25, -0.2) is 4.89 Å². The molecule has 0 spiro atoms. The fourth-order valence-corrected chi connectivity index (χ4v) is 2.21. The van der Waals surface area contributed by atoms with Crippen LogP contribution in [-0.4, -0.2) is 48.5 Å². The molecular weight excluding hydrogens is 212 g/mol. The molecule has 0 radical (unpaired) electrons. The molecule has 2 fully saturated rings. The van der Waals surface area contributed by atoms with Gasteiger partial charge in [0.25, 0.3) is 0 Å². The summed E-state index contributed by atoms with van der Waals surface area (Å²) in [6, 6.07) is 0. The van der Waals surface area contributed by atoms with Crippen LogP contribution in [0.1, 0.15) is 25.7 Å². The van der Waals surface area contributed by atoms with Crippen LogP contribution >= 0.6 is 0 Å². The second-order valence-corrected chi connectivity index (χ2v) is 4.71. The Kier molecular flexibility index (Phi) is 4.55. The highest BCUT2D eigenvalue weighted by atomic mass is 17.1. The maximum Gasteiger partial charge on any atom is 0.119 e. The average molecular weight is 232 g/mol. The van der Waals surface area contributed by atoms with Gasteiger partial charge in [0.2, 0.25) is 0 Å². The van der Waals surface area contributed by atoms with Crippen molar-refractivity contribution < 1.29 is 24.7 Å². The van der Waals surface area contributed by atoms with Crippen molar-refractivity contribution in [3.63, 3.8) is 0 Å². The molecule has 5 nitrogen and oxygen atoms in total. The van der Waals surface area contributed by atoms with E-state index >= 15 is 0 Å². The monoisotopic (exact) mass is 232 g/mol. The predicted octanol–water partition coefficient (Wildman–Crippen LogP) is 0.811. The summed E-state index contributed by atoms with van der Waals surface area (Å²) in [5.41, 5.74) is 0. The van der Waals surface area contributed by atoms with Gasteiger partial charge in [-0.15, -0.1) is 0 Å². The molecule has 0 aromatic rings. The summed E-state index contributed by atoms with van der Waals surface area (Å²) < 4.78 is 10.4. The first-order valence-corrected chi connectivity index (χ1v) is 5.97. The highest BCUT2D eigenvalue weighted by Crippen LogP contribution is 2.28. The molecule has 1 aliphatic heterocycles. The van der Waals surface area contributed by atoms with Crippen LogP contribution in [0.2, 0.25) is 0 Å². The van der Waals surface area contributed by atoms with Gasteiger partial charge in [-0.2, -0.15) is 0 Å². The molecule has 2 rings (SSSR count). The van der Waals surface area contributed by atoms with E-state index < -0.39 is 0 Å². The minimum absolute atomic E-state index is 0.184. The molecule has 0 bridgehead atoms. The third kappa shape index (κ3) is 3.68. The van der Waals surface area contributed by atoms with Gasteiger partial charge in [0.1, 0.15) is 12.2 Å². The van der Waals surface area contributed by atoms with Gasteiger partial charge in [0, 0.05) is 0 Å². The second kappa shape index (κ2) is 5.93. The fourth-order valence-electron chi connectivity index (χ4n) is 2.21. The summed E-state index contributed by atoms with van der Waals surface area (Å²) in [7, 11) is 0. The van der Waals surface area contributed by atoms with Crippen LogP contribution in [0.3, 0.4) is 0 Å². The van der Waals surface area contributed by atoms with Gasteiger partial charge >= 0.3 is 0 Å². The molecule has 5 heteroatoms. The Hall–Kier alpha value is -0.200. The first kappa shape index (κ1) is 12.3. The summed E-state index contributed by atoms with van der Waals surface area (Å²) in [6.45, 7) is 1.76. The molecule has 0 aromatic carbocycles. The molecule has 2 N–H and O–H groups in total. The van der Waals surface area contributed by atoms with Crippen molar-refractivity contribution in [1.29, 1.82) is 0 Å². The highest BCUT2D eigenvalue weighted by molar-refractivity contribution is 4.78. The van der Waals surface area contributed by atoms with Gasteiger partial charge in [0.05, 0.1) is 25.9 Å². The SMILES string of the molecule is OOC(COCC1CO1)C1CCC(O)CC1. The molecule has 1 heterocycles. The number of hydrogen-bond donors (Lipinski definition) is 2. The van der Waals surface area contributed by atoms with Crippen LogP contribution in [0.25, 0.3) is 0 Å². The van der Waals surface area contributed by atoms with E-state index in [0.717, 1.165) is 32.3 Å². The van der Waals surface area contributed by atoms with Crippen LogP contribution in [0.4, 0.5) is 0 Å². The zero-order chi connectivity index (χ0) is 11.4. The van der Waals surface area contributed by atoms with E-state index in [9.17, 15) is 5.11 Å². The van der Waals surface area contributed by atoms with Crippen LogP contribution in [-0.2, 0) is 14.4 Å². The molecule has 1 saturated carbocycles. The zero-order valence-corrected chi connectivity index (χ0v) is 9.38. The Balaban J connectivity index is 1.66. The summed E-state index contributed by atoms with van der Waals surface area (Å²) in [6.07, 6.45) is 3.13. The van der Waals surface area contributed by atoms with Crippen molar-refractivity contribution in [3.8, 4) is 0 Å². The number of ether oxygens (including phenoxy) is 2. The summed E-state index contributed by atoms with van der Waals surface area (Å²) in [5, 5.41) is 18.2. The fraction of sp³-hybridized carbons (Fsp3) is 1.00. The number of rotatable bonds is 6. The maximum absolute atomic E-state index is 9.39. The molecule has 2 aliphatic rings. The second-order valence-electron chi connectivity index (χ2n) is 4.71. The molecular formula is C11H20O5. The lowest BCUT2D eigenvalue weighted by Gasteiger charge is -2.29. The molecule has 16 heavy (non-hydrogen) atoms. The smallest absolute Gasteiger partial charge is 0.119 e. The van der Waals surface area contributed by atoms with Crippen LogP contribution in [0.15, 0.2) is 0 Å². The van der Waals surface area contributed by atoms with Crippen LogP contribution < -0.4 is 0 Å². The lowest BCUT2D eigenvalue weighted by atomic mass is 9.84. The van der Waals surface area contributed by atoms with Crippen molar-refractivity contribution in [2.45, 2.75) is 44.0 Å². The Morgan fingerprint density at radius 1 is 1.25 bits per heavy atom. The first-order chi connectivity index (χ1) is 7.79. The minimum Gasteiger partial charge on any atom is -0.393 e. The zero-order valence-electron chi connectivity index (χ0n) is 9.38. The van der Waals surface area contributed by atoms with Gasteiger partial charge < -0.3 is 14.6 Å². The normalized spacial score (nSPS) is 36.0. The lowest BCUT2D eigenvalue weighted by Crippen LogP contribution is -2.33. The van der Waals surface area contributed by atoms with Crippen molar-refractivity contribution in [3.05, 3.63) is 0 Å². The molecule has 1 saturated heterocycles. The number of hydrogen-bond acceptors (Lipinski definition) is 5. The quantitative estimate of drug-likeness (QED) is 0.403. The van der Waals surface area contributed by atoms with E-state index in [1.165, 1.54) is 0 Å². The molecule has 0 aromatic heterocycles. The van der Waals surface area contributed by atoms with Crippen molar-refractivity contribution >= 4 is 0 Å². The number of aliphatic hydroxyl groups is 1. The highest BCUT2D eigenvalue weighted by Gasteiger charge is 2.29. The van der Waals surface area contributed by atoms with E-state index in [1.54, 1.807) is 0 Å². The number of aliphatic hydroxyl groups excluding tert-OH is 1. The average Bonchev–Trinajstić information content (AvgIpc) is 3.10. The third-order valence-corrected chi connectivity index (χ3v) is 3.39. The van der Waals surface area contributed by atoms with E-state index in [4.69, 9.17) is 14.7 Å². The summed E-state index contributed by atoms with van der Waals surface area (Å²) >= 11 is 0. The topological polar surface area (TPSA) is 71.5 Å². The Bertz CT molecular complexity index is 199. The molecule has 2 atom stereocenters. The standard InChI is InChI=1S/C11H20O5/c12-9-3-1-8(2-4-9)11(16-13)7-14-5-10-6-15-10/h8-13H,1-7H2. The lowest BCUT2D eigenvalue weighted by molar-refractivity contribution is -0.301. The Morgan fingerprint density at radius 3 is 2.50 bits per heavy atom. The summed E-state index contributed by atoms with van der Waals surface area (Å²) in [4.78, 5) is 4.48. The number of epoxide rings is 1. The van der Waals surface area contributed by atoms with Gasteiger partial charge in [0.15, 0.2) is 0 Å². The van der Waals surface area contributed by atoms with Gasteiger partial charge in [-0.1, -0.05) is 0 Å². The van der Waals surface area contributed by atoms with Gasteiger partial charge in [-0.3, -0.25) is 5.26 Å². The van der Waals surface area contributed by atoms with E-state index in [2.05, 4.69) is 4.89 Å². The largest absolute Gasteiger partial charge is 0.393 e. The van der Waals surface area contributed by atoms with Crippen LogP contribution in [0, 0.1) is 5.92 Å². The van der Waals surface area contributed by atoms with Gasteiger partial charge in [-0.05, 0) is 31.6 Å². The molecule has 0 amide bonds. The maximum atomic E-state index is 9.39. The van der Waals surface area contributed by atoms with Crippen molar-refractivity contribution in [2.75, 3.05) is 19.8 Å². The third-order valence-electron chi connectivity index (χ3n) is 3.39. The molecule has 2 unspecified atom stereocenters. The van der Waals surface area contributed by atoms with E-state index in [0.29, 0.717) is 13.2 Å². The van der Waals surface area contributed by atoms with E-state index in [-0.39, 0.29) is 24.2 Å².